The fourth-order valence-corrected chi connectivity index (χ4v) is 7.09. The van der Waals surface area contributed by atoms with Crippen molar-refractivity contribution in [3.63, 3.8) is 0 Å². The van der Waals surface area contributed by atoms with Crippen LogP contribution in [0.25, 0.3) is 10.9 Å². The molecule has 1 aliphatic heterocycles. The van der Waals surface area contributed by atoms with Gasteiger partial charge < -0.3 is 14.2 Å². The van der Waals surface area contributed by atoms with Gasteiger partial charge in [-0.25, -0.2) is 13.1 Å². The second-order valence-corrected chi connectivity index (χ2v) is 11.9. The number of amides is 1. The lowest BCUT2D eigenvalue weighted by atomic mass is 9.85. The summed E-state index contributed by atoms with van der Waals surface area (Å²) in [6.07, 6.45) is 5.24. The number of carbonyl (C=O) groups is 1. The summed E-state index contributed by atoms with van der Waals surface area (Å²) < 4.78 is 36.9. The highest BCUT2D eigenvalue weighted by molar-refractivity contribution is 7.89. The van der Waals surface area contributed by atoms with Gasteiger partial charge in [-0.3, -0.25) is 4.79 Å². The summed E-state index contributed by atoms with van der Waals surface area (Å²) >= 11 is 0. The van der Waals surface area contributed by atoms with Gasteiger partial charge >= 0.3 is 0 Å². The topological polar surface area (TPSA) is 80.6 Å². The van der Waals surface area contributed by atoms with E-state index in [2.05, 4.69) is 16.2 Å². The van der Waals surface area contributed by atoms with E-state index >= 15 is 0 Å². The van der Waals surface area contributed by atoms with E-state index in [1.54, 1.807) is 6.07 Å². The summed E-state index contributed by atoms with van der Waals surface area (Å²) in [7, 11) is -1.58. The zero-order valence-corrected chi connectivity index (χ0v) is 20.7. The van der Waals surface area contributed by atoms with E-state index in [1.807, 2.05) is 31.0 Å². The number of rotatable bonds is 5. The molecule has 1 N–H and O–H groups in total. The minimum Gasteiger partial charge on any atom is -0.377 e. The number of carbonyl (C=O) groups excluding carboxylic acids is 1. The Bertz CT molecular complexity index is 1160. The summed E-state index contributed by atoms with van der Waals surface area (Å²) in [5, 5.41) is 1.13. The van der Waals surface area contributed by atoms with Gasteiger partial charge in [-0.05, 0) is 76.0 Å². The molecule has 33 heavy (non-hydrogen) atoms. The van der Waals surface area contributed by atoms with Crippen molar-refractivity contribution >= 4 is 26.8 Å². The van der Waals surface area contributed by atoms with E-state index < -0.39 is 10.0 Å². The number of morpholine rings is 1. The molecular formula is C25H35N3O4S. The highest BCUT2D eigenvalue weighted by Crippen LogP contribution is 2.44. The van der Waals surface area contributed by atoms with E-state index in [0.29, 0.717) is 43.4 Å². The monoisotopic (exact) mass is 473 g/mol. The van der Waals surface area contributed by atoms with E-state index in [-0.39, 0.29) is 23.9 Å². The van der Waals surface area contributed by atoms with Crippen molar-refractivity contribution in [3.05, 3.63) is 29.5 Å². The van der Waals surface area contributed by atoms with Crippen LogP contribution in [0.2, 0.25) is 0 Å². The summed E-state index contributed by atoms with van der Waals surface area (Å²) in [4.78, 5) is 15.2. The van der Waals surface area contributed by atoms with Crippen molar-refractivity contribution < 1.29 is 17.9 Å². The Hall–Kier alpha value is -1.90. The maximum absolute atomic E-state index is 13.2. The van der Waals surface area contributed by atoms with Crippen LogP contribution in [0.4, 0.5) is 0 Å². The maximum Gasteiger partial charge on any atom is 0.240 e. The van der Waals surface area contributed by atoms with Crippen LogP contribution in [-0.4, -0.2) is 55.6 Å². The first-order chi connectivity index (χ1) is 15.8. The fraction of sp³-hybridized carbons (Fsp3) is 0.640. The Morgan fingerprint density at radius 2 is 1.85 bits per heavy atom. The quantitative estimate of drug-likeness (QED) is 0.721. The highest BCUT2D eigenvalue weighted by atomic mass is 32.2. The fourth-order valence-electron chi connectivity index (χ4n) is 5.76. The molecule has 1 amide bonds. The molecule has 2 aliphatic carbocycles. The molecule has 1 saturated heterocycles. The van der Waals surface area contributed by atoms with Crippen LogP contribution in [0.3, 0.4) is 0 Å². The lowest BCUT2D eigenvalue weighted by Gasteiger charge is -2.37. The van der Waals surface area contributed by atoms with Crippen LogP contribution in [0.5, 0.6) is 0 Å². The average Bonchev–Trinajstić information content (AvgIpc) is 3.60. The Balaban J connectivity index is 1.26. The molecule has 2 aromatic rings. The van der Waals surface area contributed by atoms with Gasteiger partial charge in [0.05, 0.1) is 24.2 Å². The number of nitrogens with zero attached hydrogens (tertiary/aromatic N) is 2. The molecule has 8 heteroatoms. The number of hydrogen-bond acceptors (Lipinski definition) is 4. The van der Waals surface area contributed by atoms with Gasteiger partial charge in [0, 0.05) is 42.1 Å². The molecule has 1 aromatic carbocycles. The maximum atomic E-state index is 13.2. The predicted octanol–water partition coefficient (Wildman–Crippen LogP) is 3.45. The second-order valence-electron chi connectivity index (χ2n) is 10.1. The molecule has 0 radical (unpaired) electrons. The highest BCUT2D eigenvalue weighted by Gasteiger charge is 2.34. The molecule has 5 rings (SSSR count). The molecule has 2 saturated carbocycles. The van der Waals surface area contributed by atoms with Crippen molar-refractivity contribution in [2.24, 2.45) is 13.0 Å². The molecule has 2 heterocycles. The first-order valence-electron chi connectivity index (χ1n) is 12.3. The average molecular weight is 474 g/mol. The van der Waals surface area contributed by atoms with E-state index in [0.717, 1.165) is 23.7 Å². The first kappa shape index (κ1) is 22.9. The summed E-state index contributed by atoms with van der Waals surface area (Å²) in [5.74, 6) is 0.789. The normalized spacial score (nSPS) is 26.6. The van der Waals surface area contributed by atoms with Gasteiger partial charge in [0.15, 0.2) is 0 Å². The largest absolute Gasteiger partial charge is 0.377 e. The van der Waals surface area contributed by atoms with Crippen molar-refractivity contribution in [2.45, 2.75) is 75.3 Å². The summed E-state index contributed by atoms with van der Waals surface area (Å²) in [6.45, 7) is 6.00. The summed E-state index contributed by atoms with van der Waals surface area (Å²) in [6, 6.07) is 5.46. The third-order valence-electron chi connectivity index (χ3n) is 7.80. The van der Waals surface area contributed by atoms with Gasteiger partial charge in [0.1, 0.15) is 0 Å². The third-order valence-corrected chi connectivity index (χ3v) is 9.32. The zero-order valence-electron chi connectivity index (χ0n) is 19.8. The number of hydrogen-bond donors (Lipinski definition) is 1. The van der Waals surface area contributed by atoms with Crippen LogP contribution in [0.1, 0.15) is 62.6 Å². The summed E-state index contributed by atoms with van der Waals surface area (Å²) in [5.41, 5.74) is 3.58. The lowest BCUT2D eigenvalue weighted by molar-refractivity contribution is -0.144. The Morgan fingerprint density at radius 3 is 2.52 bits per heavy atom. The number of nitrogens with one attached hydrogen (secondary N) is 1. The SMILES string of the molecule is Cc1c(C2CC2)n(C)c2cc(S(=O)(=O)N[C@H]3CC[C@H](C(=O)N4CCOC[C@@H]4C)CC3)ccc12. The smallest absolute Gasteiger partial charge is 0.240 e. The molecule has 7 nitrogen and oxygen atoms in total. The standard InChI is InChI=1S/C25H35N3O4S/c1-16-15-32-13-12-28(16)25(29)19-6-8-20(9-7-19)26-33(30,31)21-10-11-22-17(2)24(18-4-5-18)27(3)23(22)14-21/h10-11,14,16,18-20,26H,4-9,12-13,15H2,1-3H3/t16-,19-,20-/m0/s1. The minimum atomic E-state index is -3.62. The van der Waals surface area contributed by atoms with Gasteiger partial charge in [-0.2, -0.15) is 0 Å². The van der Waals surface area contributed by atoms with Gasteiger partial charge in [0.2, 0.25) is 15.9 Å². The molecule has 180 valence electrons. The van der Waals surface area contributed by atoms with Crippen LogP contribution in [-0.2, 0) is 26.6 Å². The lowest BCUT2D eigenvalue weighted by Crippen LogP contribution is -2.50. The van der Waals surface area contributed by atoms with Crippen LogP contribution >= 0.6 is 0 Å². The van der Waals surface area contributed by atoms with Gasteiger partial charge in [-0.1, -0.05) is 6.07 Å². The van der Waals surface area contributed by atoms with Crippen molar-refractivity contribution in [1.29, 1.82) is 0 Å². The van der Waals surface area contributed by atoms with Crippen molar-refractivity contribution in [2.75, 3.05) is 19.8 Å². The molecule has 0 bridgehead atoms. The Morgan fingerprint density at radius 1 is 1.12 bits per heavy atom. The second kappa shape index (κ2) is 8.71. The third kappa shape index (κ3) is 4.33. The van der Waals surface area contributed by atoms with E-state index in [9.17, 15) is 13.2 Å². The van der Waals surface area contributed by atoms with Crippen LogP contribution < -0.4 is 4.72 Å². The number of benzene rings is 1. The molecule has 0 unspecified atom stereocenters. The van der Waals surface area contributed by atoms with E-state index in [4.69, 9.17) is 4.74 Å². The van der Waals surface area contributed by atoms with Crippen molar-refractivity contribution in [1.82, 2.24) is 14.2 Å². The number of fused-ring (bicyclic) bond motifs is 1. The van der Waals surface area contributed by atoms with Gasteiger partial charge in [-0.15, -0.1) is 0 Å². The molecule has 3 aliphatic rings. The van der Waals surface area contributed by atoms with Crippen LogP contribution in [0.15, 0.2) is 23.1 Å². The minimum absolute atomic E-state index is 0.0187. The molecule has 3 fully saturated rings. The Labute approximate surface area is 196 Å². The number of aromatic nitrogens is 1. The Kier molecular flexibility index (Phi) is 6.04. The molecule has 1 aromatic heterocycles. The predicted molar refractivity (Wildman–Crippen MR) is 128 cm³/mol. The number of sulfonamides is 1. The van der Waals surface area contributed by atoms with Crippen molar-refractivity contribution in [3.8, 4) is 0 Å². The van der Waals surface area contributed by atoms with E-state index in [1.165, 1.54) is 24.1 Å². The number of aryl methyl sites for hydroxylation is 2. The van der Waals surface area contributed by atoms with Crippen LogP contribution in [0, 0.1) is 12.8 Å². The molecule has 0 spiro atoms. The number of ether oxygens (including phenoxy) is 1. The first-order valence-corrected chi connectivity index (χ1v) is 13.7. The molecule has 1 atom stereocenters. The molecular weight excluding hydrogens is 438 g/mol. The van der Waals surface area contributed by atoms with Gasteiger partial charge in [0.25, 0.3) is 0 Å². The zero-order chi connectivity index (χ0) is 23.3.